The molecule has 1 amide bonds. The Morgan fingerprint density at radius 3 is 2.58 bits per heavy atom. The molecule has 0 aliphatic heterocycles. The zero-order valence-corrected chi connectivity index (χ0v) is 13.5. The van der Waals surface area contributed by atoms with Gasteiger partial charge < -0.3 is 5.32 Å². The first-order valence-corrected chi connectivity index (χ1v) is 7.92. The molecule has 0 spiro atoms. The van der Waals surface area contributed by atoms with Gasteiger partial charge in [0.25, 0.3) is 0 Å². The van der Waals surface area contributed by atoms with E-state index in [1.165, 1.54) is 12.1 Å². The monoisotopic (exact) mass is 358 g/mol. The molecule has 128 valence electrons. The van der Waals surface area contributed by atoms with E-state index in [-0.39, 0.29) is 24.0 Å². The van der Waals surface area contributed by atoms with Crippen LogP contribution >= 0.6 is 11.8 Å². The van der Waals surface area contributed by atoms with Crippen molar-refractivity contribution in [3.63, 3.8) is 0 Å². The molecule has 1 N–H and O–H groups in total. The number of nitrogens with one attached hydrogen (secondary N) is 1. The van der Waals surface area contributed by atoms with Crippen LogP contribution in [0.15, 0.2) is 41.6 Å². The molecule has 24 heavy (non-hydrogen) atoms. The average molecular weight is 358 g/mol. The molecule has 8 heteroatoms. The molecular formula is C16H14F4N2OS. The summed E-state index contributed by atoms with van der Waals surface area (Å²) in [4.78, 5) is 15.4. The number of aryl methyl sites for hydroxylation is 1. The number of nitrogens with zero attached hydrogens (tertiary/aromatic N) is 1. The lowest BCUT2D eigenvalue weighted by molar-refractivity contribution is -0.137. The summed E-state index contributed by atoms with van der Waals surface area (Å²) in [6.07, 6.45) is -3.70. The Hall–Kier alpha value is -2.09. The molecule has 0 fully saturated rings. The van der Waals surface area contributed by atoms with Crippen LogP contribution in [-0.2, 0) is 17.5 Å². The number of carbonyl (C=O) groups excluding carboxylic acids is 1. The fourth-order valence-electron chi connectivity index (χ4n) is 1.77. The molecule has 0 atom stereocenters. The lowest BCUT2D eigenvalue weighted by atomic mass is 10.1. The van der Waals surface area contributed by atoms with E-state index in [0.29, 0.717) is 16.2 Å². The lowest BCUT2D eigenvalue weighted by Crippen LogP contribution is -2.24. The van der Waals surface area contributed by atoms with E-state index in [2.05, 4.69) is 10.3 Å². The van der Waals surface area contributed by atoms with Crippen LogP contribution in [0.4, 0.5) is 17.6 Å². The molecule has 0 aliphatic rings. The predicted molar refractivity (Wildman–Crippen MR) is 82.9 cm³/mol. The Balaban J connectivity index is 1.81. The lowest BCUT2D eigenvalue weighted by Gasteiger charge is -2.08. The molecule has 1 aromatic carbocycles. The summed E-state index contributed by atoms with van der Waals surface area (Å²) in [6, 6.07) is 6.82. The number of hydrogen-bond acceptors (Lipinski definition) is 3. The summed E-state index contributed by atoms with van der Waals surface area (Å²) in [5.41, 5.74) is 0.316. The maximum atomic E-state index is 13.4. The molecule has 0 saturated carbocycles. The summed E-state index contributed by atoms with van der Waals surface area (Å²) in [7, 11) is 0. The second-order valence-electron chi connectivity index (χ2n) is 5.03. The quantitative estimate of drug-likeness (QED) is 0.650. The Kier molecular flexibility index (Phi) is 5.82. The van der Waals surface area contributed by atoms with Crippen LogP contribution in [-0.4, -0.2) is 16.6 Å². The second-order valence-corrected chi connectivity index (χ2v) is 6.03. The molecule has 1 heterocycles. The van der Waals surface area contributed by atoms with Gasteiger partial charge in [-0.25, -0.2) is 9.37 Å². The van der Waals surface area contributed by atoms with Crippen LogP contribution in [0.1, 0.15) is 16.7 Å². The Morgan fingerprint density at radius 1 is 1.25 bits per heavy atom. The largest absolute Gasteiger partial charge is 0.417 e. The van der Waals surface area contributed by atoms with Gasteiger partial charge >= 0.3 is 6.18 Å². The number of rotatable bonds is 5. The van der Waals surface area contributed by atoms with E-state index < -0.39 is 11.7 Å². The molecule has 1 aromatic heterocycles. The third kappa shape index (κ3) is 5.23. The fourth-order valence-corrected chi connectivity index (χ4v) is 2.44. The molecule has 2 rings (SSSR count). The molecular weight excluding hydrogens is 344 g/mol. The number of benzene rings is 1. The normalized spacial score (nSPS) is 11.4. The topological polar surface area (TPSA) is 42.0 Å². The minimum atomic E-state index is -4.43. The van der Waals surface area contributed by atoms with Gasteiger partial charge in [0.15, 0.2) is 0 Å². The van der Waals surface area contributed by atoms with Crippen LogP contribution < -0.4 is 5.32 Å². The molecule has 0 aliphatic carbocycles. The number of amides is 1. The van der Waals surface area contributed by atoms with Crippen LogP contribution in [0.2, 0.25) is 0 Å². The van der Waals surface area contributed by atoms with Gasteiger partial charge in [-0.05, 0) is 36.2 Å². The minimum absolute atomic E-state index is 0.00665. The number of carbonyl (C=O) groups is 1. The molecule has 0 radical (unpaired) electrons. The van der Waals surface area contributed by atoms with Crippen molar-refractivity contribution in [1.29, 1.82) is 0 Å². The minimum Gasteiger partial charge on any atom is -0.351 e. The third-order valence-electron chi connectivity index (χ3n) is 3.14. The van der Waals surface area contributed by atoms with Crippen molar-refractivity contribution in [3.05, 3.63) is 59.0 Å². The van der Waals surface area contributed by atoms with Gasteiger partial charge in [-0.2, -0.15) is 13.2 Å². The predicted octanol–water partition coefficient (Wildman–Crippen LogP) is 3.96. The highest BCUT2D eigenvalue weighted by Gasteiger charge is 2.30. The summed E-state index contributed by atoms with van der Waals surface area (Å²) in [5.74, 6) is -0.653. The van der Waals surface area contributed by atoms with Crippen LogP contribution in [0.5, 0.6) is 0 Å². The van der Waals surface area contributed by atoms with Gasteiger partial charge in [0.2, 0.25) is 5.91 Å². The zero-order chi connectivity index (χ0) is 17.7. The Morgan fingerprint density at radius 2 is 2.00 bits per heavy atom. The van der Waals surface area contributed by atoms with Crippen LogP contribution in [0, 0.1) is 12.7 Å². The van der Waals surface area contributed by atoms with Crippen molar-refractivity contribution in [2.24, 2.45) is 0 Å². The molecule has 0 unspecified atom stereocenters. The maximum Gasteiger partial charge on any atom is 0.417 e. The van der Waals surface area contributed by atoms with E-state index in [1.807, 2.05) is 0 Å². The highest BCUT2D eigenvalue weighted by Crippen LogP contribution is 2.29. The molecule has 0 saturated heterocycles. The third-order valence-corrected chi connectivity index (χ3v) is 4.08. The van der Waals surface area contributed by atoms with Gasteiger partial charge in [0.1, 0.15) is 5.82 Å². The van der Waals surface area contributed by atoms with E-state index in [0.717, 1.165) is 24.0 Å². The number of alkyl halides is 3. The van der Waals surface area contributed by atoms with Crippen molar-refractivity contribution in [2.45, 2.75) is 24.7 Å². The van der Waals surface area contributed by atoms with Gasteiger partial charge in [0.05, 0.1) is 16.3 Å². The standard InChI is InChI=1S/C16H14F4N2OS/c1-10-2-3-11(6-13(10)17)7-21-14(23)9-24-15-5-4-12(8-22-15)16(18,19)20/h2-6,8H,7,9H2,1H3,(H,21,23). The first-order valence-electron chi connectivity index (χ1n) is 6.93. The number of hydrogen-bond donors (Lipinski definition) is 1. The summed E-state index contributed by atoms with van der Waals surface area (Å²) in [6.45, 7) is 1.82. The zero-order valence-electron chi connectivity index (χ0n) is 12.7. The van der Waals surface area contributed by atoms with E-state index in [4.69, 9.17) is 0 Å². The Labute approximate surface area is 140 Å². The van der Waals surface area contributed by atoms with Crippen LogP contribution in [0.3, 0.4) is 0 Å². The van der Waals surface area contributed by atoms with Gasteiger partial charge in [-0.15, -0.1) is 0 Å². The number of halogens is 4. The smallest absolute Gasteiger partial charge is 0.351 e. The van der Waals surface area contributed by atoms with Crippen molar-refractivity contribution < 1.29 is 22.4 Å². The van der Waals surface area contributed by atoms with Crippen molar-refractivity contribution in [2.75, 3.05) is 5.75 Å². The first-order chi connectivity index (χ1) is 11.3. The molecule has 0 bridgehead atoms. The van der Waals surface area contributed by atoms with E-state index in [9.17, 15) is 22.4 Å². The highest BCUT2D eigenvalue weighted by atomic mass is 32.2. The second kappa shape index (κ2) is 7.65. The van der Waals surface area contributed by atoms with Gasteiger partial charge in [-0.1, -0.05) is 23.9 Å². The summed E-state index contributed by atoms with van der Waals surface area (Å²) >= 11 is 1.02. The number of thioether (sulfide) groups is 1. The average Bonchev–Trinajstić information content (AvgIpc) is 2.53. The first kappa shape index (κ1) is 18.3. The SMILES string of the molecule is Cc1ccc(CNC(=O)CSc2ccc(C(F)(F)F)cn2)cc1F. The van der Waals surface area contributed by atoms with Gasteiger partial charge in [-0.3, -0.25) is 4.79 Å². The summed E-state index contributed by atoms with van der Waals surface area (Å²) < 4.78 is 50.6. The van der Waals surface area contributed by atoms with Crippen molar-refractivity contribution in [3.8, 4) is 0 Å². The fraction of sp³-hybridized carbons (Fsp3) is 0.250. The molecule has 3 nitrogen and oxygen atoms in total. The molecule has 2 aromatic rings. The van der Waals surface area contributed by atoms with E-state index in [1.54, 1.807) is 19.1 Å². The van der Waals surface area contributed by atoms with Crippen LogP contribution in [0.25, 0.3) is 0 Å². The van der Waals surface area contributed by atoms with Crippen molar-refractivity contribution in [1.82, 2.24) is 10.3 Å². The van der Waals surface area contributed by atoms with Crippen molar-refractivity contribution >= 4 is 17.7 Å². The van der Waals surface area contributed by atoms with E-state index >= 15 is 0 Å². The number of aromatic nitrogens is 1. The number of pyridine rings is 1. The maximum absolute atomic E-state index is 13.4. The van der Waals surface area contributed by atoms with Gasteiger partial charge in [0, 0.05) is 12.7 Å². The highest BCUT2D eigenvalue weighted by molar-refractivity contribution is 7.99. The Bertz CT molecular complexity index is 717. The summed E-state index contributed by atoms with van der Waals surface area (Å²) in [5, 5.41) is 2.94.